The summed E-state index contributed by atoms with van der Waals surface area (Å²) in [7, 11) is 2.19. The molecule has 16 heavy (non-hydrogen) atoms. The Labute approximate surface area is 100 Å². The van der Waals surface area contributed by atoms with Gasteiger partial charge in [0.2, 0.25) is 0 Å². The lowest BCUT2D eigenvalue weighted by molar-refractivity contribution is 0.0260. The van der Waals surface area contributed by atoms with Crippen molar-refractivity contribution in [1.82, 2.24) is 10.2 Å². The van der Waals surface area contributed by atoms with Crippen molar-refractivity contribution in [1.29, 1.82) is 0 Å². The number of piperidine rings is 1. The van der Waals surface area contributed by atoms with Crippen LogP contribution >= 0.6 is 0 Å². The Kier molecular flexibility index (Phi) is 5.22. The molecule has 0 radical (unpaired) electrons. The maximum absolute atomic E-state index is 10.2. The molecule has 1 rings (SSSR count). The van der Waals surface area contributed by atoms with Crippen LogP contribution in [-0.4, -0.2) is 47.8 Å². The minimum absolute atomic E-state index is 0.507. The van der Waals surface area contributed by atoms with Gasteiger partial charge >= 0.3 is 0 Å². The summed E-state index contributed by atoms with van der Waals surface area (Å²) >= 11 is 0. The number of hydrogen-bond donors (Lipinski definition) is 2. The standard InChI is InChI=1S/C13H28N2O/c1-5-13(16,6-2)10-14-12-7-8-15(4)11(3)9-12/h11-12,14,16H,5-10H2,1-4H3. The highest BCUT2D eigenvalue weighted by Crippen LogP contribution is 2.18. The van der Waals surface area contributed by atoms with E-state index in [1.807, 2.05) is 0 Å². The van der Waals surface area contributed by atoms with E-state index in [1.54, 1.807) is 0 Å². The minimum Gasteiger partial charge on any atom is -0.389 e. The molecular formula is C13H28N2O. The van der Waals surface area contributed by atoms with Crippen LogP contribution in [0.2, 0.25) is 0 Å². The summed E-state index contributed by atoms with van der Waals surface area (Å²) in [5, 5.41) is 13.7. The van der Waals surface area contributed by atoms with Gasteiger partial charge < -0.3 is 15.3 Å². The number of rotatable bonds is 5. The van der Waals surface area contributed by atoms with Gasteiger partial charge in [-0.2, -0.15) is 0 Å². The van der Waals surface area contributed by atoms with E-state index in [4.69, 9.17) is 0 Å². The number of aliphatic hydroxyl groups is 1. The van der Waals surface area contributed by atoms with Gasteiger partial charge in [0.1, 0.15) is 0 Å². The highest BCUT2D eigenvalue weighted by atomic mass is 16.3. The first-order valence-electron chi connectivity index (χ1n) is 6.66. The van der Waals surface area contributed by atoms with Crippen LogP contribution in [0.3, 0.4) is 0 Å². The molecule has 2 atom stereocenters. The molecule has 3 heteroatoms. The van der Waals surface area contributed by atoms with Crippen molar-refractivity contribution < 1.29 is 5.11 Å². The van der Waals surface area contributed by atoms with Gasteiger partial charge in [0.15, 0.2) is 0 Å². The Bertz CT molecular complexity index is 204. The van der Waals surface area contributed by atoms with Crippen LogP contribution in [0.1, 0.15) is 46.5 Å². The fraction of sp³-hybridized carbons (Fsp3) is 1.00. The third kappa shape index (κ3) is 3.72. The first-order valence-corrected chi connectivity index (χ1v) is 6.66. The van der Waals surface area contributed by atoms with E-state index in [1.165, 1.54) is 12.8 Å². The van der Waals surface area contributed by atoms with Gasteiger partial charge in [-0.3, -0.25) is 0 Å². The zero-order valence-corrected chi connectivity index (χ0v) is 11.3. The zero-order valence-electron chi connectivity index (χ0n) is 11.3. The maximum Gasteiger partial charge on any atom is 0.0766 e. The molecule has 3 nitrogen and oxygen atoms in total. The Hall–Kier alpha value is -0.120. The van der Waals surface area contributed by atoms with Gasteiger partial charge in [-0.05, 0) is 46.2 Å². The van der Waals surface area contributed by atoms with E-state index >= 15 is 0 Å². The van der Waals surface area contributed by atoms with Crippen molar-refractivity contribution in [2.45, 2.75) is 64.1 Å². The van der Waals surface area contributed by atoms with Crippen LogP contribution < -0.4 is 5.32 Å². The smallest absolute Gasteiger partial charge is 0.0766 e. The monoisotopic (exact) mass is 228 g/mol. The summed E-state index contributed by atoms with van der Waals surface area (Å²) in [5.74, 6) is 0. The molecule has 1 heterocycles. The lowest BCUT2D eigenvalue weighted by Crippen LogP contribution is -2.50. The Morgan fingerprint density at radius 1 is 1.38 bits per heavy atom. The Morgan fingerprint density at radius 2 is 2.00 bits per heavy atom. The highest BCUT2D eigenvalue weighted by Gasteiger charge is 2.26. The van der Waals surface area contributed by atoms with Crippen LogP contribution in [0.5, 0.6) is 0 Å². The second-order valence-electron chi connectivity index (χ2n) is 5.36. The molecule has 2 unspecified atom stereocenters. The summed E-state index contributed by atoms with van der Waals surface area (Å²) in [5.41, 5.74) is -0.507. The van der Waals surface area contributed by atoms with Crippen LogP contribution in [0.25, 0.3) is 0 Å². The van der Waals surface area contributed by atoms with E-state index in [2.05, 4.69) is 38.0 Å². The van der Waals surface area contributed by atoms with Crippen LogP contribution in [-0.2, 0) is 0 Å². The second kappa shape index (κ2) is 5.99. The van der Waals surface area contributed by atoms with E-state index < -0.39 is 5.60 Å². The molecule has 0 aliphatic carbocycles. The molecule has 1 fully saturated rings. The van der Waals surface area contributed by atoms with E-state index in [0.29, 0.717) is 12.1 Å². The highest BCUT2D eigenvalue weighted by molar-refractivity contribution is 4.85. The van der Waals surface area contributed by atoms with Crippen LogP contribution in [0.15, 0.2) is 0 Å². The molecule has 0 amide bonds. The number of nitrogens with zero attached hydrogens (tertiary/aromatic N) is 1. The number of likely N-dealkylation sites (tertiary alicyclic amines) is 1. The lowest BCUT2D eigenvalue weighted by Gasteiger charge is -2.37. The van der Waals surface area contributed by atoms with Crippen LogP contribution in [0, 0.1) is 0 Å². The molecule has 0 aromatic rings. The van der Waals surface area contributed by atoms with Gasteiger partial charge in [0.25, 0.3) is 0 Å². The number of nitrogens with one attached hydrogen (secondary N) is 1. The molecule has 2 N–H and O–H groups in total. The minimum atomic E-state index is -0.507. The molecule has 0 bridgehead atoms. The van der Waals surface area contributed by atoms with Gasteiger partial charge in [-0.15, -0.1) is 0 Å². The molecule has 1 aliphatic rings. The summed E-state index contributed by atoms with van der Waals surface area (Å²) in [6.45, 7) is 8.29. The molecule has 0 saturated carbocycles. The lowest BCUT2D eigenvalue weighted by atomic mass is 9.94. The van der Waals surface area contributed by atoms with Crippen molar-refractivity contribution in [3.05, 3.63) is 0 Å². The van der Waals surface area contributed by atoms with Crippen molar-refractivity contribution in [2.75, 3.05) is 20.1 Å². The average Bonchev–Trinajstić information content (AvgIpc) is 2.30. The topological polar surface area (TPSA) is 35.5 Å². The Morgan fingerprint density at radius 3 is 2.50 bits per heavy atom. The molecule has 0 aromatic heterocycles. The van der Waals surface area contributed by atoms with Crippen molar-refractivity contribution in [2.24, 2.45) is 0 Å². The fourth-order valence-corrected chi connectivity index (χ4v) is 2.31. The largest absolute Gasteiger partial charge is 0.389 e. The third-order valence-electron chi connectivity index (χ3n) is 4.24. The SMILES string of the molecule is CCC(O)(CC)CNC1CCN(C)C(C)C1. The Balaban J connectivity index is 2.33. The molecule has 1 aliphatic heterocycles. The van der Waals surface area contributed by atoms with Gasteiger partial charge in [-0.25, -0.2) is 0 Å². The molecule has 0 aromatic carbocycles. The average molecular weight is 228 g/mol. The molecule has 1 saturated heterocycles. The van der Waals surface area contributed by atoms with E-state index in [0.717, 1.165) is 25.9 Å². The number of hydrogen-bond acceptors (Lipinski definition) is 3. The predicted molar refractivity (Wildman–Crippen MR) is 68.6 cm³/mol. The van der Waals surface area contributed by atoms with Crippen molar-refractivity contribution in [3.8, 4) is 0 Å². The molecular weight excluding hydrogens is 200 g/mol. The summed E-state index contributed by atoms with van der Waals surface area (Å²) in [6.07, 6.45) is 4.06. The molecule has 96 valence electrons. The first kappa shape index (κ1) is 13.9. The van der Waals surface area contributed by atoms with E-state index in [9.17, 15) is 5.11 Å². The van der Waals surface area contributed by atoms with E-state index in [-0.39, 0.29) is 0 Å². The van der Waals surface area contributed by atoms with Crippen LogP contribution in [0.4, 0.5) is 0 Å². The van der Waals surface area contributed by atoms with Crippen molar-refractivity contribution >= 4 is 0 Å². The predicted octanol–water partition coefficient (Wildman–Crippen LogP) is 1.61. The van der Waals surface area contributed by atoms with Gasteiger partial charge in [0.05, 0.1) is 5.60 Å². The summed E-state index contributed by atoms with van der Waals surface area (Å²) < 4.78 is 0. The summed E-state index contributed by atoms with van der Waals surface area (Å²) in [6, 6.07) is 1.23. The molecule has 0 spiro atoms. The maximum atomic E-state index is 10.2. The van der Waals surface area contributed by atoms with Crippen molar-refractivity contribution in [3.63, 3.8) is 0 Å². The fourth-order valence-electron chi connectivity index (χ4n) is 2.31. The quantitative estimate of drug-likeness (QED) is 0.750. The third-order valence-corrected chi connectivity index (χ3v) is 4.24. The zero-order chi connectivity index (χ0) is 12.2. The summed E-state index contributed by atoms with van der Waals surface area (Å²) in [4.78, 5) is 2.41. The van der Waals surface area contributed by atoms with Gasteiger partial charge in [-0.1, -0.05) is 13.8 Å². The normalized spacial score (nSPS) is 28.3. The first-order chi connectivity index (χ1) is 7.50. The van der Waals surface area contributed by atoms with Gasteiger partial charge in [0, 0.05) is 18.6 Å². The second-order valence-corrected chi connectivity index (χ2v) is 5.36.